The molecule has 1 saturated carbocycles. The fourth-order valence-electron chi connectivity index (χ4n) is 4.43. The van der Waals surface area contributed by atoms with Crippen molar-refractivity contribution in [1.82, 2.24) is 4.90 Å². The molecular weight excluding hydrogens is 240 g/mol. The lowest BCUT2D eigenvalue weighted by Gasteiger charge is -2.51. The van der Waals surface area contributed by atoms with Crippen LogP contribution in [0.2, 0.25) is 0 Å². The highest BCUT2D eigenvalue weighted by molar-refractivity contribution is 7.99. The van der Waals surface area contributed by atoms with Gasteiger partial charge < -0.3 is 5.73 Å². The molecule has 104 valence electrons. The molecule has 18 heavy (non-hydrogen) atoms. The maximum Gasteiger partial charge on any atom is 0.0347 e. The second kappa shape index (κ2) is 5.72. The molecule has 3 heteroatoms. The van der Waals surface area contributed by atoms with Crippen LogP contribution in [0, 0.1) is 11.8 Å². The zero-order valence-corrected chi connectivity index (χ0v) is 12.4. The lowest BCUT2D eigenvalue weighted by atomic mass is 9.73. The topological polar surface area (TPSA) is 29.3 Å². The Balaban J connectivity index is 1.68. The van der Waals surface area contributed by atoms with Gasteiger partial charge in [-0.05, 0) is 55.6 Å². The van der Waals surface area contributed by atoms with E-state index in [-0.39, 0.29) is 0 Å². The number of hydrogen-bond donors (Lipinski definition) is 1. The largest absolute Gasteiger partial charge is 0.329 e. The minimum atomic E-state index is 0.369. The third-order valence-corrected chi connectivity index (χ3v) is 6.75. The number of fused-ring (bicyclic) bond motifs is 1. The molecule has 0 amide bonds. The van der Waals surface area contributed by atoms with Crippen molar-refractivity contribution in [2.45, 2.75) is 50.5 Å². The lowest BCUT2D eigenvalue weighted by Crippen LogP contribution is -2.60. The highest BCUT2D eigenvalue weighted by atomic mass is 32.2. The van der Waals surface area contributed by atoms with Crippen molar-refractivity contribution in [3.05, 3.63) is 0 Å². The van der Waals surface area contributed by atoms with Gasteiger partial charge >= 0.3 is 0 Å². The predicted molar refractivity (Wildman–Crippen MR) is 80.0 cm³/mol. The number of nitrogens with two attached hydrogens (primary N) is 1. The second-order valence-corrected chi connectivity index (χ2v) is 7.80. The minimum Gasteiger partial charge on any atom is -0.329 e. The van der Waals surface area contributed by atoms with Gasteiger partial charge in [-0.2, -0.15) is 11.8 Å². The first-order chi connectivity index (χ1) is 8.84. The molecule has 2 heterocycles. The van der Waals surface area contributed by atoms with Crippen molar-refractivity contribution < 1.29 is 0 Å². The normalized spacial score (nSPS) is 37.2. The molecule has 0 spiro atoms. The van der Waals surface area contributed by atoms with Crippen LogP contribution in [0.4, 0.5) is 0 Å². The zero-order valence-electron chi connectivity index (χ0n) is 11.6. The van der Waals surface area contributed by atoms with Gasteiger partial charge in [0.15, 0.2) is 0 Å². The maximum absolute atomic E-state index is 6.19. The van der Waals surface area contributed by atoms with Crippen LogP contribution in [0.3, 0.4) is 0 Å². The number of piperidine rings is 1. The van der Waals surface area contributed by atoms with Crippen molar-refractivity contribution in [2.75, 3.05) is 31.1 Å². The van der Waals surface area contributed by atoms with Crippen LogP contribution in [0.15, 0.2) is 0 Å². The molecule has 0 aromatic heterocycles. The molecule has 3 fully saturated rings. The first kappa shape index (κ1) is 13.3. The van der Waals surface area contributed by atoms with Crippen LogP contribution in [0.25, 0.3) is 0 Å². The van der Waals surface area contributed by atoms with Gasteiger partial charge in [0.1, 0.15) is 0 Å². The number of thioether (sulfide) groups is 1. The Morgan fingerprint density at radius 2 is 1.78 bits per heavy atom. The summed E-state index contributed by atoms with van der Waals surface area (Å²) in [5.74, 6) is 4.68. The van der Waals surface area contributed by atoms with Gasteiger partial charge in [0.25, 0.3) is 0 Å². The molecule has 3 aliphatic rings. The lowest BCUT2D eigenvalue weighted by molar-refractivity contribution is 0.00269. The summed E-state index contributed by atoms with van der Waals surface area (Å²) in [6.45, 7) is 3.56. The summed E-state index contributed by atoms with van der Waals surface area (Å²) >= 11 is 2.12. The van der Waals surface area contributed by atoms with Gasteiger partial charge in [0.05, 0.1) is 0 Å². The summed E-state index contributed by atoms with van der Waals surface area (Å²) in [7, 11) is 0. The maximum atomic E-state index is 6.19. The fraction of sp³-hybridized carbons (Fsp3) is 1.00. The molecule has 2 unspecified atom stereocenters. The number of rotatable bonds is 2. The van der Waals surface area contributed by atoms with E-state index >= 15 is 0 Å². The first-order valence-electron chi connectivity index (χ1n) is 7.87. The van der Waals surface area contributed by atoms with Crippen LogP contribution < -0.4 is 5.73 Å². The van der Waals surface area contributed by atoms with E-state index in [1.807, 2.05) is 0 Å². The van der Waals surface area contributed by atoms with Gasteiger partial charge in [-0.25, -0.2) is 0 Å². The summed E-state index contributed by atoms with van der Waals surface area (Å²) in [5.41, 5.74) is 6.55. The molecule has 3 rings (SSSR count). The smallest absolute Gasteiger partial charge is 0.0347 e. The molecule has 0 aromatic rings. The van der Waals surface area contributed by atoms with E-state index in [9.17, 15) is 0 Å². The number of nitrogens with zero attached hydrogens (tertiary/aromatic N) is 1. The van der Waals surface area contributed by atoms with Gasteiger partial charge in [0.2, 0.25) is 0 Å². The highest BCUT2D eigenvalue weighted by Gasteiger charge is 2.41. The second-order valence-electron chi connectivity index (χ2n) is 6.58. The molecular formula is C15H28N2S. The molecule has 0 bridgehead atoms. The van der Waals surface area contributed by atoms with E-state index in [4.69, 9.17) is 5.73 Å². The van der Waals surface area contributed by atoms with E-state index < -0.39 is 0 Å². The van der Waals surface area contributed by atoms with Gasteiger partial charge in [-0.1, -0.05) is 19.3 Å². The van der Waals surface area contributed by atoms with Crippen molar-refractivity contribution in [3.63, 3.8) is 0 Å². The molecule has 0 aromatic carbocycles. The van der Waals surface area contributed by atoms with Gasteiger partial charge in [-0.15, -0.1) is 0 Å². The zero-order chi connectivity index (χ0) is 12.4. The van der Waals surface area contributed by atoms with E-state index in [0.29, 0.717) is 5.54 Å². The van der Waals surface area contributed by atoms with Crippen molar-refractivity contribution in [3.8, 4) is 0 Å². The summed E-state index contributed by atoms with van der Waals surface area (Å²) in [5, 5.41) is 0. The molecule has 0 radical (unpaired) electrons. The van der Waals surface area contributed by atoms with E-state index in [1.165, 1.54) is 69.5 Å². The average Bonchev–Trinajstić information content (AvgIpc) is 2.47. The van der Waals surface area contributed by atoms with Gasteiger partial charge in [-0.3, -0.25) is 4.90 Å². The number of likely N-dealkylation sites (tertiary alicyclic amines) is 1. The SMILES string of the molecule is NCC1(N2CCC3CCCCC3C2)CCSCC1. The first-order valence-corrected chi connectivity index (χ1v) is 9.02. The van der Waals surface area contributed by atoms with Crippen molar-refractivity contribution >= 4 is 11.8 Å². The Kier molecular flexibility index (Phi) is 4.21. The van der Waals surface area contributed by atoms with Crippen LogP contribution >= 0.6 is 11.8 Å². The predicted octanol–water partition coefficient (Wildman–Crippen LogP) is 2.72. The summed E-state index contributed by atoms with van der Waals surface area (Å²) in [6.07, 6.45) is 10.0. The number of hydrogen-bond acceptors (Lipinski definition) is 3. The Bertz CT molecular complexity index is 276. The van der Waals surface area contributed by atoms with E-state index in [1.54, 1.807) is 0 Å². The third-order valence-electron chi connectivity index (χ3n) is 5.77. The monoisotopic (exact) mass is 268 g/mol. The van der Waals surface area contributed by atoms with Crippen LogP contribution in [0.1, 0.15) is 44.9 Å². The fourth-order valence-corrected chi connectivity index (χ4v) is 5.69. The molecule has 2 aliphatic heterocycles. The minimum absolute atomic E-state index is 0.369. The van der Waals surface area contributed by atoms with Gasteiger partial charge in [0, 0.05) is 18.6 Å². The quantitative estimate of drug-likeness (QED) is 0.835. The molecule has 1 aliphatic carbocycles. The molecule has 2 saturated heterocycles. The summed E-state index contributed by atoms with van der Waals surface area (Å²) < 4.78 is 0. The Hall–Kier alpha value is 0.270. The van der Waals surface area contributed by atoms with Crippen LogP contribution in [0.5, 0.6) is 0 Å². The highest BCUT2D eigenvalue weighted by Crippen LogP contribution is 2.41. The third kappa shape index (κ3) is 2.46. The molecule has 2 N–H and O–H groups in total. The van der Waals surface area contributed by atoms with E-state index in [0.717, 1.165) is 18.4 Å². The average molecular weight is 268 g/mol. The standard InChI is InChI=1S/C15H28N2S/c16-12-15(6-9-18-10-7-15)17-8-5-13-3-1-2-4-14(13)11-17/h13-14H,1-12,16H2. The van der Waals surface area contributed by atoms with Crippen molar-refractivity contribution in [1.29, 1.82) is 0 Å². The van der Waals surface area contributed by atoms with Crippen LogP contribution in [-0.2, 0) is 0 Å². The Morgan fingerprint density at radius 3 is 2.50 bits per heavy atom. The Morgan fingerprint density at radius 1 is 1.06 bits per heavy atom. The van der Waals surface area contributed by atoms with Crippen molar-refractivity contribution in [2.24, 2.45) is 17.6 Å². The summed E-state index contributed by atoms with van der Waals surface area (Å²) in [4.78, 5) is 2.80. The molecule has 2 nitrogen and oxygen atoms in total. The molecule has 2 atom stereocenters. The Labute approximate surface area is 116 Å². The van der Waals surface area contributed by atoms with E-state index in [2.05, 4.69) is 16.7 Å². The summed E-state index contributed by atoms with van der Waals surface area (Å²) in [6, 6.07) is 0. The van der Waals surface area contributed by atoms with Crippen LogP contribution in [-0.4, -0.2) is 41.6 Å².